The summed E-state index contributed by atoms with van der Waals surface area (Å²) in [4.78, 5) is 22.9. The van der Waals surface area contributed by atoms with Crippen LogP contribution >= 0.6 is 0 Å². The van der Waals surface area contributed by atoms with Crippen molar-refractivity contribution in [3.8, 4) is 0 Å². The van der Waals surface area contributed by atoms with Crippen LogP contribution in [0, 0.1) is 0 Å². The molecule has 0 unspecified atom stereocenters. The third-order valence-electron chi connectivity index (χ3n) is 2.22. The number of nitrogens with one attached hydrogen (secondary N) is 1. The van der Waals surface area contributed by atoms with Gasteiger partial charge < -0.3 is 15.8 Å². The minimum absolute atomic E-state index is 0.146. The van der Waals surface area contributed by atoms with E-state index in [1.165, 1.54) is 0 Å². The van der Waals surface area contributed by atoms with E-state index in [1.807, 2.05) is 20.8 Å². The van der Waals surface area contributed by atoms with Crippen LogP contribution in [0.5, 0.6) is 0 Å². The first-order valence-electron chi connectivity index (χ1n) is 5.87. The van der Waals surface area contributed by atoms with Crippen LogP contribution in [0.3, 0.4) is 0 Å². The molecule has 0 bridgehead atoms. The minimum Gasteiger partial charge on any atom is -0.458 e. The maximum Gasteiger partial charge on any atom is 0.325 e. The Morgan fingerprint density at radius 2 is 1.76 bits per heavy atom. The monoisotopic (exact) mass is 244 g/mol. The summed E-state index contributed by atoms with van der Waals surface area (Å²) in [5.74, 6) is -0.816. The number of hydrogen-bond acceptors (Lipinski definition) is 4. The van der Waals surface area contributed by atoms with E-state index in [0.29, 0.717) is 0 Å². The number of esters is 1. The predicted molar refractivity (Wildman–Crippen MR) is 66.4 cm³/mol. The molecule has 0 saturated carbocycles. The van der Waals surface area contributed by atoms with Gasteiger partial charge in [-0.2, -0.15) is 0 Å². The molecule has 0 aliphatic rings. The first kappa shape index (κ1) is 15.9. The summed E-state index contributed by atoms with van der Waals surface area (Å²) in [6, 6.07) is 0. The average Bonchev–Trinajstić information content (AvgIpc) is 2.11. The van der Waals surface area contributed by atoms with Crippen molar-refractivity contribution in [1.82, 2.24) is 5.32 Å². The van der Waals surface area contributed by atoms with E-state index < -0.39 is 17.1 Å². The number of rotatable bonds is 6. The standard InChI is InChI=1S/C12H24N2O3/c1-6-7-11(2,3)17-9(15)8-14-10(16)12(4,5)13/h6-8,13H2,1-5H3,(H,14,16). The minimum atomic E-state index is -0.987. The second kappa shape index (κ2) is 6.00. The van der Waals surface area contributed by atoms with Crippen molar-refractivity contribution < 1.29 is 14.3 Å². The zero-order valence-electron chi connectivity index (χ0n) is 11.4. The van der Waals surface area contributed by atoms with Gasteiger partial charge in [0.15, 0.2) is 0 Å². The molecule has 5 nitrogen and oxygen atoms in total. The van der Waals surface area contributed by atoms with E-state index in [4.69, 9.17) is 10.5 Å². The SMILES string of the molecule is CCCC(C)(C)OC(=O)CNC(=O)C(C)(C)N. The molecule has 0 aliphatic heterocycles. The van der Waals surface area contributed by atoms with Crippen LogP contribution < -0.4 is 11.1 Å². The van der Waals surface area contributed by atoms with Gasteiger partial charge in [0.05, 0.1) is 5.54 Å². The number of hydrogen-bond donors (Lipinski definition) is 2. The molecule has 3 N–H and O–H groups in total. The molecule has 0 aromatic heterocycles. The second-order valence-corrected chi connectivity index (χ2v) is 5.39. The highest BCUT2D eigenvalue weighted by molar-refractivity contribution is 5.88. The van der Waals surface area contributed by atoms with Gasteiger partial charge in [-0.05, 0) is 34.1 Å². The van der Waals surface area contributed by atoms with Gasteiger partial charge >= 0.3 is 5.97 Å². The van der Waals surface area contributed by atoms with Gasteiger partial charge in [0.1, 0.15) is 12.1 Å². The van der Waals surface area contributed by atoms with Crippen LogP contribution in [0.4, 0.5) is 0 Å². The van der Waals surface area contributed by atoms with Crippen molar-refractivity contribution >= 4 is 11.9 Å². The van der Waals surface area contributed by atoms with E-state index in [2.05, 4.69) is 5.32 Å². The summed E-state index contributed by atoms with van der Waals surface area (Å²) < 4.78 is 5.25. The fraction of sp³-hybridized carbons (Fsp3) is 0.833. The Kier molecular flexibility index (Phi) is 5.61. The third-order valence-corrected chi connectivity index (χ3v) is 2.22. The summed E-state index contributed by atoms with van der Waals surface area (Å²) in [7, 11) is 0. The van der Waals surface area contributed by atoms with Crippen molar-refractivity contribution in [2.45, 2.75) is 58.6 Å². The van der Waals surface area contributed by atoms with Crippen LogP contribution in [-0.2, 0) is 14.3 Å². The van der Waals surface area contributed by atoms with Crippen molar-refractivity contribution in [1.29, 1.82) is 0 Å². The first-order chi connectivity index (χ1) is 7.58. The number of amides is 1. The normalized spacial score (nSPS) is 12.1. The van der Waals surface area contributed by atoms with Gasteiger partial charge in [0.2, 0.25) is 5.91 Å². The topological polar surface area (TPSA) is 81.4 Å². The molecule has 17 heavy (non-hydrogen) atoms. The van der Waals surface area contributed by atoms with Crippen LogP contribution in [0.2, 0.25) is 0 Å². The molecule has 0 aromatic carbocycles. The van der Waals surface area contributed by atoms with Crippen molar-refractivity contribution in [3.05, 3.63) is 0 Å². The lowest BCUT2D eigenvalue weighted by Gasteiger charge is -2.25. The second-order valence-electron chi connectivity index (χ2n) is 5.39. The Balaban J connectivity index is 4.09. The van der Waals surface area contributed by atoms with Crippen LogP contribution in [0.25, 0.3) is 0 Å². The summed E-state index contributed by atoms with van der Waals surface area (Å²) in [5, 5.41) is 2.45. The fourth-order valence-corrected chi connectivity index (χ4v) is 1.38. The maximum atomic E-state index is 11.5. The van der Waals surface area contributed by atoms with Gasteiger partial charge in [-0.25, -0.2) is 0 Å². The molecule has 0 atom stereocenters. The number of carbonyl (C=O) groups is 2. The molecule has 0 radical (unpaired) electrons. The van der Waals surface area contributed by atoms with Gasteiger partial charge in [0, 0.05) is 0 Å². The van der Waals surface area contributed by atoms with Crippen molar-refractivity contribution in [2.24, 2.45) is 5.73 Å². The quantitative estimate of drug-likeness (QED) is 0.682. The first-order valence-corrected chi connectivity index (χ1v) is 5.87. The Bertz CT molecular complexity index is 280. The molecule has 1 amide bonds. The van der Waals surface area contributed by atoms with E-state index in [1.54, 1.807) is 13.8 Å². The van der Waals surface area contributed by atoms with Gasteiger partial charge in [-0.15, -0.1) is 0 Å². The highest BCUT2D eigenvalue weighted by atomic mass is 16.6. The summed E-state index contributed by atoms with van der Waals surface area (Å²) in [5.41, 5.74) is 4.10. The lowest BCUT2D eigenvalue weighted by molar-refractivity contribution is -0.156. The maximum absolute atomic E-state index is 11.5. The van der Waals surface area contributed by atoms with Crippen molar-refractivity contribution in [2.75, 3.05) is 6.54 Å². The smallest absolute Gasteiger partial charge is 0.325 e. The van der Waals surface area contributed by atoms with E-state index >= 15 is 0 Å². The van der Waals surface area contributed by atoms with Crippen LogP contribution in [0.15, 0.2) is 0 Å². The summed E-state index contributed by atoms with van der Waals surface area (Å²) in [6.07, 6.45) is 1.72. The van der Waals surface area contributed by atoms with Crippen molar-refractivity contribution in [3.63, 3.8) is 0 Å². The lowest BCUT2D eigenvalue weighted by atomic mass is 10.0. The van der Waals surface area contributed by atoms with E-state index in [9.17, 15) is 9.59 Å². The highest BCUT2D eigenvalue weighted by Crippen LogP contribution is 2.16. The molecule has 0 fully saturated rings. The van der Waals surface area contributed by atoms with Crippen LogP contribution in [0.1, 0.15) is 47.5 Å². The number of carbonyl (C=O) groups excluding carboxylic acids is 2. The molecule has 100 valence electrons. The molecule has 0 spiro atoms. The summed E-state index contributed by atoms with van der Waals surface area (Å²) in [6.45, 7) is 8.73. The summed E-state index contributed by atoms with van der Waals surface area (Å²) >= 11 is 0. The molecule has 0 aliphatic carbocycles. The van der Waals surface area contributed by atoms with Gasteiger partial charge in [-0.1, -0.05) is 13.3 Å². The fourth-order valence-electron chi connectivity index (χ4n) is 1.38. The number of nitrogens with two attached hydrogens (primary N) is 1. The molecule has 5 heteroatoms. The average molecular weight is 244 g/mol. The zero-order chi connectivity index (χ0) is 13.7. The van der Waals surface area contributed by atoms with E-state index in [-0.39, 0.29) is 12.5 Å². The molecular formula is C12H24N2O3. The Morgan fingerprint density at radius 3 is 2.18 bits per heavy atom. The highest BCUT2D eigenvalue weighted by Gasteiger charge is 2.25. The molecule has 0 aromatic rings. The molecule has 0 saturated heterocycles. The predicted octanol–water partition coefficient (Wildman–Crippen LogP) is 0.962. The van der Waals surface area contributed by atoms with Crippen LogP contribution in [-0.4, -0.2) is 29.6 Å². The van der Waals surface area contributed by atoms with Gasteiger partial charge in [-0.3, -0.25) is 9.59 Å². The Morgan fingerprint density at radius 1 is 1.24 bits per heavy atom. The number of ether oxygens (including phenoxy) is 1. The molecule has 0 heterocycles. The van der Waals surface area contributed by atoms with E-state index in [0.717, 1.165) is 12.8 Å². The third kappa shape index (κ3) is 6.94. The molecule has 0 rings (SSSR count). The largest absolute Gasteiger partial charge is 0.458 e. The Labute approximate surface area is 103 Å². The Hall–Kier alpha value is -1.10. The van der Waals surface area contributed by atoms with Gasteiger partial charge in [0.25, 0.3) is 0 Å². The zero-order valence-corrected chi connectivity index (χ0v) is 11.4. The molecular weight excluding hydrogens is 220 g/mol. The lowest BCUT2D eigenvalue weighted by Crippen LogP contribution is -2.50.